The lowest BCUT2D eigenvalue weighted by molar-refractivity contribution is 0.0696. The summed E-state index contributed by atoms with van der Waals surface area (Å²) in [5, 5.41) is 9.10. The molecule has 0 amide bonds. The van der Waals surface area contributed by atoms with Crippen LogP contribution in [-0.4, -0.2) is 19.5 Å². The van der Waals surface area contributed by atoms with E-state index in [4.69, 9.17) is 5.11 Å². The SMILES string of the molecule is O=C(O)c1cccc(S(=O)(=O)NC(c2ccccc2)c2ccccc2)c1. The Hall–Kier alpha value is -2.96. The lowest BCUT2D eigenvalue weighted by Gasteiger charge is -2.20. The van der Waals surface area contributed by atoms with E-state index in [1.54, 1.807) is 0 Å². The van der Waals surface area contributed by atoms with Crippen LogP contribution in [0.15, 0.2) is 89.8 Å². The zero-order chi connectivity index (χ0) is 18.6. The number of benzene rings is 3. The normalized spacial score (nSPS) is 11.4. The maximum atomic E-state index is 12.9. The van der Waals surface area contributed by atoms with Crippen LogP contribution in [0.4, 0.5) is 0 Å². The smallest absolute Gasteiger partial charge is 0.335 e. The summed E-state index contributed by atoms with van der Waals surface area (Å²) in [6.45, 7) is 0. The van der Waals surface area contributed by atoms with Gasteiger partial charge in [-0.3, -0.25) is 0 Å². The van der Waals surface area contributed by atoms with Crippen LogP contribution in [0.25, 0.3) is 0 Å². The highest BCUT2D eigenvalue weighted by molar-refractivity contribution is 7.89. The Bertz CT molecular complexity index is 963. The summed E-state index contributed by atoms with van der Waals surface area (Å²) in [6.07, 6.45) is 0. The number of sulfonamides is 1. The zero-order valence-electron chi connectivity index (χ0n) is 13.7. The molecular weight excluding hydrogens is 350 g/mol. The van der Waals surface area contributed by atoms with Crippen molar-refractivity contribution in [1.29, 1.82) is 0 Å². The molecule has 132 valence electrons. The Balaban J connectivity index is 2.01. The van der Waals surface area contributed by atoms with Crippen molar-refractivity contribution in [2.75, 3.05) is 0 Å². The molecule has 6 heteroatoms. The molecular formula is C20H17NO4S. The van der Waals surface area contributed by atoms with E-state index in [9.17, 15) is 13.2 Å². The van der Waals surface area contributed by atoms with E-state index in [0.717, 1.165) is 17.2 Å². The monoisotopic (exact) mass is 367 g/mol. The fourth-order valence-corrected chi connectivity index (χ4v) is 3.90. The molecule has 0 aromatic heterocycles. The van der Waals surface area contributed by atoms with E-state index in [1.807, 2.05) is 60.7 Å². The molecule has 0 aliphatic carbocycles. The topological polar surface area (TPSA) is 83.5 Å². The number of nitrogens with one attached hydrogen (secondary N) is 1. The minimum Gasteiger partial charge on any atom is -0.478 e. The van der Waals surface area contributed by atoms with Gasteiger partial charge in [0.05, 0.1) is 16.5 Å². The Morgan fingerprint density at radius 3 is 1.85 bits per heavy atom. The first kappa shape index (κ1) is 17.8. The fraction of sp³-hybridized carbons (Fsp3) is 0.0500. The van der Waals surface area contributed by atoms with Gasteiger partial charge < -0.3 is 5.11 Å². The molecule has 0 fully saturated rings. The van der Waals surface area contributed by atoms with Gasteiger partial charge in [-0.05, 0) is 29.3 Å². The molecule has 0 aliphatic rings. The van der Waals surface area contributed by atoms with Gasteiger partial charge >= 0.3 is 5.97 Å². The average molecular weight is 367 g/mol. The number of carboxylic acid groups (broad SMARTS) is 1. The molecule has 3 aromatic rings. The van der Waals surface area contributed by atoms with Crippen molar-refractivity contribution in [3.8, 4) is 0 Å². The van der Waals surface area contributed by atoms with Crippen molar-refractivity contribution < 1.29 is 18.3 Å². The van der Waals surface area contributed by atoms with Crippen molar-refractivity contribution in [2.45, 2.75) is 10.9 Å². The Kier molecular flexibility index (Phi) is 5.16. The summed E-state index contributed by atoms with van der Waals surface area (Å²) in [7, 11) is -3.93. The molecule has 3 rings (SSSR count). The Morgan fingerprint density at radius 2 is 1.35 bits per heavy atom. The molecule has 0 saturated heterocycles. The molecule has 0 bridgehead atoms. The molecule has 3 aromatic carbocycles. The molecule has 0 aliphatic heterocycles. The predicted octanol–water partition coefficient (Wildman–Crippen LogP) is 3.45. The summed E-state index contributed by atoms with van der Waals surface area (Å²) in [6, 6.07) is 23.1. The minimum absolute atomic E-state index is 0.0798. The summed E-state index contributed by atoms with van der Waals surface area (Å²) in [4.78, 5) is 11.0. The van der Waals surface area contributed by atoms with Gasteiger partial charge in [0.1, 0.15) is 0 Å². The molecule has 2 N–H and O–H groups in total. The molecule has 0 saturated carbocycles. The van der Waals surface area contributed by atoms with Gasteiger partial charge in [-0.15, -0.1) is 0 Å². The molecule has 0 heterocycles. The van der Waals surface area contributed by atoms with Crippen molar-refractivity contribution in [1.82, 2.24) is 4.72 Å². The van der Waals surface area contributed by atoms with Crippen molar-refractivity contribution >= 4 is 16.0 Å². The average Bonchev–Trinajstić information content (AvgIpc) is 2.67. The molecule has 0 unspecified atom stereocenters. The number of hydrogen-bond acceptors (Lipinski definition) is 3. The van der Waals surface area contributed by atoms with E-state index in [1.165, 1.54) is 18.2 Å². The maximum absolute atomic E-state index is 12.9. The summed E-state index contributed by atoms with van der Waals surface area (Å²) >= 11 is 0. The number of carbonyl (C=O) groups is 1. The van der Waals surface area contributed by atoms with Crippen molar-refractivity contribution in [3.05, 3.63) is 102 Å². The van der Waals surface area contributed by atoms with Gasteiger partial charge in [0.25, 0.3) is 0 Å². The van der Waals surface area contributed by atoms with E-state index < -0.39 is 22.0 Å². The second kappa shape index (κ2) is 7.51. The van der Waals surface area contributed by atoms with Gasteiger partial charge in [0, 0.05) is 0 Å². The Labute approximate surface area is 152 Å². The second-order valence-corrected chi connectivity index (χ2v) is 7.42. The van der Waals surface area contributed by atoms with E-state index in [-0.39, 0.29) is 10.5 Å². The van der Waals surface area contributed by atoms with Crippen LogP contribution in [0.1, 0.15) is 27.5 Å². The van der Waals surface area contributed by atoms with Crippen LogP contribution in [0.5, 0.6) is 0 Å². The zero-order valence-corrected chi connectivity index (χ0v) is 14.6. The van der Waals surface area contributed by atoms with Gasteiger partial charge in [-0.25, -0.2) is 13.2 Å². The first-order valence-electron chi connectivity index (χ1n) is 7.93. The summed E-state index contributed by atoms with van der Waals surface area (Å²) < 4.78 is 28.4. The van der Waals surface area contributed by atoms with Crippen LogP contribution >= 0.6 is 0 Å². The lowest BCUT2D eigenvalue weighted by Crippen LogP contribution is -2.29. The van der Waals surface area contributed by atoms with Gasteiger partial charge in [0.15, 0.2) is 0 Å². The maximum Gasteiger partial charge on any atom is 0.335 e. The predicted molar refractivity (Wildman–Crippen MR) is 98.4 cm³/mol. The van der Waals surface area contributed by atoms with E-state index >= 15 is 0 Å². The van der Waals surface area contributed by atoms with Crippen LogP contribution in [0.3, 0.4) is 0 Å². The Morgan fingerprint density at radius 1 is 0.808 bits per heavy atom. The van der Waals surface area contributed by atoms with Gasteiger partial charge in [0.2, 0.25) is 10.0 Å². The lowest BCUT2D eigenvalue weighted by atomic mass is 10.00. The van der Waals surface area contributed by atoms with Crippen LogP contribution in [-0.2, 0) is 10.0 Å². The summed E-state index contributed by atoms with van der Waals surface area (Å²) in [5.41, 5.74) is 1.50. The number of hydrogen-bond donors (Lipinski definition) is 2. The third-order valence-electron chi connectivity index (χ3n) is 3.93. The first-order chi connectivity index (χ1) is 12.5. The second-order valence-electron chi connectivity index (χ2n) is 5.71. The third kappa shape index (κ3) is 3.99. The molecule has 0 radical (unpaired) electrons. The number of carboxylic acids is 1. The number of rotatable bonds is 6. The highest BCUT2D eigenvalue weighted by Crippen LogP contribution is 2.24. The molecule has 0 spiro atoms. The third-order valence-corrected chi connectivity index (χ3v) is 5.35. The van der Waals surface area contributed by atoms with Crippen molar-refractivity contribution in [2.24, 2.45) is 0 Å². The highest BCUT2D eigenvalue weighted by atomic mass is 32.2. The standard InChI is InChI=1S/C20H17NO4S/c22-20(23)17-12-7-13-18(14-17)26(24,25)21-19(15-8-3-1-4-9-15)16-10-5-2-6-11-16/h1-14,19,21H,(H,22,23). The van der Waals surface area contributed by atoms with E-state index in [0.29, 0.717) is 0 Å². The quantitative estimate of drug-likeness (QED) is 0.699. The van der Waals surface area contributed by atoms with E-state index in [2.05, 4.69) is 4.72 Å². The number of aromatic carboxylic acids is 1. The molecule has 5 nitrogen and oxygen atoms in total. The van der Waals surface area contributed by atoms with Gasteiger partial charge in [-0.1, -0.05) is 66.7 Å². The van der Waals surface area contributed by atoms with Crippen molar-refractivity contribution in [3.63, 3.8) is 0 Å². The van der Waals surface area contributed by atoms with Gasteiger partial charge in [-0.2, -0.15) is 4.72 Å². The van der Waals surface area contributed by atoms with Crippen LogP contribution in [0.2, 0.25) is 0 Å². The molecule has 0 atom stereocenters. The fourth-order valence-electron chi connectivity index (χ4n) is 2.64. The minimum atomic E-state index is -3.93. The van der Waals surface area contributed by atoms with Crippen LogP contribution < -0.4 is 4.72 Å². The molecule has 26 heavy (non-hydrogen) atoms. The first-order valence-corrected chi connectivity index (χ1v) is 9.41. The highest BCUT2D eigenvalue weighted by Gasteiger charge is 2.23. The largest absolute Gasteiger partial charge is 0.478 e. The summed E-state index contributed by atoms with van der Waals surface area (Å²) in [5.74, 6) is -1.18. The van der Waals surface area contributed by atoms with Crippen LogP contribution in [0, 0.1) is 0 Å².